The number of sulfonamides is 1. The molecule has 0 amide bonds. The van der Waals surface area contributed by atoms with Crippen molar-refractivity contribution in [3.63, 3.8) is 0 Å². The molecule has 0 aliphatic rings. The van der Waals surface area contributed by atoms with Crippen LogP contribution in [-0.4, -0.2) is 15.0 Å². The van der Waals surface area contributed by atoms with Crippen LogP contribution in [0.5, 0.6) is 0 Å². The van der Waals surface area contributed by atoms with Gasteiger partial charge in [0.2, 0.25) is 10.0 Å². The summed E-state index contributed by atoms with van der Waals surface area (Å²) in [5.74, 6) is -0.467. The maximum Gasteiger partial charge on any atom is 0.240 e. The lowest BCUT2D eigenvalue weighted by Crippen LogP contribution is -2.27. The molecular formula is C15H15ClFNO2S. The molecule has 3 nitrogen and oxygen atoms in total. The minimum absolute atomic E-state index is 0.0563. The molecule has 0 fully saturated rings. The molecule has 0 bridgehead atoms. The Labute approximate surface area is 128 Å². The predicted octanol–water partition coefficient (Wildman–Crippen LogP) is 3.39. The van der Waals surface area contributed by atoms with Crippen molar-refractivity contribution in [1.82, 2.24) is 4.72 Å². The van der Waals surface area contributed by atoms with Crippen LogP contribution >= 0.6 is 11.6 Å². The van der Waals surface area contributed by atoms with Crippen LogP contribution in [0, 0.1) is 12.7 Å². The van der Waals surface area contributed by atoms with E-state index in [2.05, 4.69) is 4.72 Å². The van der Waals surface area contributed by atoms with Gasteiger partial charge in [-0.25, -0.2) is 17.5 Å². The summed E-state index contributed by atoms with van der Waals surface area (Å²) < 4.78 is 39.9. The maximum atomic E-state index is 13.0. The molecule has 6 heteroatoms. The van der Waals surface area contributed by atoms with E-state index < -0.39 is 21.2 Å². The number of hydrogen-bond acceptors (Lipinski definition) is 2. The average Bonchev–Trinajstić information content (AvgIpc) is 2.45. The third kappa shape index (κ3) is 4.03. The monoisotopic (exact) mass is 327 g/mol. The van der Waals surface area contributed by atoms with E-state index in [9.17, 15) is 12.8 Å². The quantitative estimate of drug-likeness (QED) is 0.856. The topological polar surface area (TPSA) is 46.2 Å². The first-order chi connectivity index (χ1) is 9.90. The number of halogens is 2. The van der Waals surface area contributed by atoms with E-state index in [0.717, 1.165) is 11.6 Å². The highest BCUT2D eigenvalue weighted by Crippen LogP contribution is 2.21. The lowest BCUT2D eigenvalue weighted by atomic mass is 10.1. The number of nitrogens with one attached hydrogen (secondary N) is 1. The van der Waals surface area contributed by atoms with Crippen molar-refractivity contribution >= 4 is 21.6 Å². The second kappa shape index (κ2) is 6.56. The first kappa shape index (κ1) is 15.9. The standard InChI is InChI=1S/C15H15ClFNO2S/c1-11-9-13(17)7-8-15(11)21(19,20)18-10-14(16)12-5-3-2-4-6-12/h2-9,14,18H,10H2,1H3. The summed E-state index contributed by atoms with van der Waals surface area (Å²) >= 11 is 6.18. The molecule has 1 N–H and O–H groups in total. The zero-order valence-corrected chi connectivity index (χ0v) is 13.0. The van der Waals surface area contributed by atoms with E-state index >= 15 is 0 Å². The van der Waals surface area contributed by atoms with Gasteiger partial charge in [-0.3, -0.25) is 0 Å². The van der Waals surface area contributed by atoms with Crippen molar-refractivity contribution < 1.29 is 12.8 Å². The van der Waals surface area contributed by atoms with Gasteiger partial charge in [-0.15, -0.1) is 11.6 Å². The van der Waals surface area contributed by atoms with E-state index in [1.165, 1.54) is 12.1 Å². The van der Waals surface area contributed by atoms with E-state index in [-0.39, 0.29) is 11.4 Å². The smallest absolute Gasteiger partial charge is 0.209 e. The molecule has 0 spiro atoms. The van der Waals surface area contributed by atoms with Gasteiger partial charge in [0.05, 0.1) is 10.3 Å². The van der Waals surface area contributed by atoms with Crippen LogP contribution in [0.15, 0.2) is 53.4 Å². The lowest BCUT2D eigenvalue weighted by molar-refractivity contribution is 0.579. The zero-order chi connectivity index (χ0) is 15.5. The first-order valence-electron chi connectivity index (χ1n) is 6.35. The Morgan fingerprint density at radius 2 is 1.86 bits per heavy atom. The van der Waals surface area contributed by atoms with Gasteiger partial charge in [0.25, 0.3) is 0 Å². The van der Waals surface area contributed by atoms with Crippen molar-refractivity contribution in [2.24, 2.45) is 0 Å². The Kier molecular flexibility index (Phi) is 4.98. The minimum Gasteiger partial charge on any atom is -0.209 e. The van der Waals surface area contributed by atoms with Crippen LogP contribution in [0.3, 0.4) is 0 Å². The number of rotatable bonds is 5. The molecule has 0 aromatic heterocycles. The lowest BCUT2D eigenvalue weighted by Gasteiger charge is -2.13. The molecule has 2 rings (SSSR count). The Balaban J connectivity index is 2.11. The van der Waals surface area contributed by atoms with Gasteiger partial charge >= 0.3 is 0 Å². The molecule has 0 saturated heterocycles. The third-order valence-electron chi connectivity index (χ3n) is 3.04. The minimum atomic E-state index is -3.71. The first-order valence-corrected chi connectivity index (χ1v) is 8.27. The Bertz CT molecular complexity index is 720. The van der Waals surface area contributed by atoms with Gasteiger partial charge in [0.1, 0.15) is 5.82 Å². The Morgan fingerprint density at radius 1 is 1.19 bits per heavy atom. The average molecular weight is 328 g/mol. The molecule has 2 aromatic carbocycles. The molecule has 0 radical (unpaired) electrons. The van der Waals surface area contributed by atoms with Gasteiger partial charge in [-0.05, 0) is 36.2 Å². The van der Waals surface area contributed by atoms with Gasteiger partial charge in [-0.1, -0.05) is 30.3 Å². The van der Waals surface area contributed by atoms with Gasteiger partial charge in [0.15, 0.2) is 0 Å². The molecule has 21 heavy (non-hydrogen) atoms. The second-order valence-corrected chi connectivity index (χ2v) is 6.90. The fourth-order valence-corrected chi connectivity index (χ4v) is 3.54. The fourth-order valence-electron chi connectivity index (χ4n) is 1.95. The molecule has 0 heterocycles. The highest BCUT2D eigenvalue weighted by Gasteiger charge is 2.19. The number of aryl methyl sites for hydroxylation is 1. The largest absolute Gasteiger partial charge is 0.240 e. The number of hydrogen-bond donors (Lipinski definition) is 1. The Hall–Kier alpha value is -1.43. The molecule has 1 unspecified atom stereocenters. The number of alkyl halides is 1. The van der Waals surface area contributed by atoms with E-state index in [0.29, 0.717) is 5.56 Å². The molecule has 0 aliphatic carbocycles. The zero-order valence-electron chi connectivity index (χ0n) is 11.4. The molecule has 2 aromatic rings. The normalized spacial score (nSPS) is 13.1. The number of benzene rings is 2. The van der Waals surface area contributed by atoms with Crippen LogP contribution in [0.2, 0.25) is 0 Å². The van der Waals surface area contributed by atoms with Crippen molar-refractivity contribution in [2.45, 2.75) is 17.2 Å². The summed E-state index contributed by atoms with van der Waals surface area (Å²) in [5.41, 5.74) is 1.19. The molecule has 112 valence electrons. The molecule has 0 aliphatic heterocycles. The van der Waals surface area contributed by atoms with Crippen LogP contribution in [0.1, 0.15) is 16.5 Å². The summed E-state index contributed by atoms with van der Waals surface area (Å²) in [6.07, 6.45) is 0. The van der Waals surface area contributed by atoms with E-state index in [1.54, 1.807) is 6.92 Å². The molecule has 1 atom stereocenters. The summed E-state index contributed by atoms with van der Waals surface area (Å²) in [7, 11) is -3.71. The third-order valence-corrected chi connectivity index (χ3v) is 5.03. The van der Waals surface area contributed by atoms with Crippen LogP contribution in [-0.2, 0) is 10.0 Å². The van der Waals surface area contributed by atoms with E-state index in [1.807, 2.05) is 30.3 Å². The summed E-state index contributed by atoms with van der Waals surface area (Å²) in [6.45, 7) is 1.61. The van der Waals surface area contributed by atoms with Crippen molar-refractivity contribution in [3.8, 4) is 0 Å². The highest BCUT2D eigenvalue weighted by molar-refractivity contribution is 7.89. The van der Waals surface area contributed by atoms with Crippen LogP contribution in [0.25, 0.3) is 0 Å². The van der Waals surface area contributed by atoms with Crippen molar-refractivity contribution in [3.05, 3.63) is 65.5 Å². The van der Waals surface area contributed by atoms with Gasteiger partial charge in [-0.2, -0.15) is 0 Å². The summed E-state index contributed by atoms with van der Waals surface area (Å²) in [6, 6.07) is 12.7. The summed E-state index contributed by atoms with van der Waals surface area (Å²) in [4.78, 5) is 0.0563. The summed E-state index contributed by atoms with van der Waals surface area (Å²) in [5, 5.41) is -0.471. The maximum absolute atomic E-state index is 13.0. The predicted molar refractivity (Wildman–Crippen MR) is 81.4 cm³/mol. The Morgan fingerprint density at radius 3 is 2.48 bits per heavy atom. The molecular weight excluding hydrogens is 313 g/mol. The van der Waals surface area contributed by atoms with Crippen LogP contribution in [0.4, 0.5) is 4.39 Å². The second-order valence-electron chi connectivity index (χ2n) is 4.64. The fraction of sp³-hybridized carbons (Fsp3) is 0.200. The van der Waals surface area contributed by atoms with E-state index in [4.69, 9.17) is 11.6 Å². The highest BCUT2D eigenvalue weighted by atomic mass is 35.5. The van der Waals surface area contributed by atoms with Gasteiger partial charge in [0, 0.05) is 6.54 Å². The van der Waals surface area contributed by atoms with Crippen molar-refractivity contribution in [2.75, 3.05) is 6.54 Å². The SMILES string of the molecule is Cc1cc(F)ccc1S(=O)(=O)NCC(Cl)c1ccccc1. The van der Waals surface area contributed by atoms with Gasteiger partial charge < -0.3 is 0 Å². The van der Waals surface area contributed by atoms with Crippen molar-refractivity contribution in [1.29, 1.82) is 0 Å². The van der Waals surface area contributed by atoms with Crippen LogP contribution < -0.4 is 4.72 Å². The molecule has 0 saturated carbocycles.